The monoisotopic (exact) mass is 324 g/mol. The van der Waals surface area contributed by atoms with Crippen molar-refractivity contribution in [2.24, 2.45) is 5.92 Å². The Morgan fingerprint density at radius 3 is 2.92 bits per heavy atom. The average molecular weight is 324 g/mol. The summed E-state index contributed by atoms with van der Waals surface area (Å²) >= 11 is 0. The smallest absolute Gasteiger partial charge is 0.225 e. The molecule has 0 bridgehead atoms. The van der Waals surface area contributed by atoms with E-state index in [1.54, 1.807) is 12.1 Å². The van der Waals surface area contributed by atoms with Crippen molar-refractivity contribution in [3.63, 3.8) is 0 Å². The number of hydrogen-bond donors (Lipinski definition) is 1. The van der Waals surface area contributed by atoms with E-state index in [1.807, 2.05) is 35.6 Å². The maximum Gasteiger partial charge on any atom is 0.225 e. The molecule has 1 N–H and O–H groups in total. The summed E-state index contributed by atoms with van der Waals surface area (Å²) in [6.07, 6.45) is 1.54. The molecule has 0 spiro atoms. The number of carbonyl (C=O) groups excluding carboxylic acids is 1. The van der Waals surface area contributed by atoms with Gasteiger partial charge in [-0.1, -0.05) is 13.8 Å². The quantitative estimate of drug-likeness (QED) is 0.926. The maximum absolute atomic E-state index is 12.1. The van der Waals surface area contributed by atoms with Gasteiger partial charge in [0.1, 0.15) is 11.9 Å². The number of rotatable bonds is 4. The van der Waals surface area contributed by atoms with Crippen LogP contribution in [0.15, 0.2) is 24.4 Å². The van der Waals surface area contributed by atoms with Gasteiger partial charge in [-0.3, -0.25) is 9.48 Å². The van der Waals surface area contributed by atoms with Gasteiger partial charge < -0.3 is 10.2 Å². The van der Waals surface area contributed by atoms with E-state index in [0.717, 1.165) is 17.9 Å². The molecular formula is C17H20N6O. The highest BCUT2D eigenvalue weighted by atomic mass is 16.2. The Labute approximate surface area is 140 Å². The zero-order valence-corrected chi connectivity index (χ0v) is 13.9. The minimum Gasteiger partial charge on any atom is -0.364 e. The van der Waals surface area contributed by atoms with Crippen molar-refractivity contribution in [1.29, 1.82) is 5.26 Å². The topological polar surface area (TPSA) is 86.8 Å². The van der Waals surface area contributed by atoms with Crippen molar-refractivity contribution in [3.8, 4) is 6.07 Å². The van der Waals surface area contributed by atoms with Crippen LogP contribution < -0.4 is 5.32 Å². The Balaban J connectivity index is 1.63. The summed E-state index contributed by atoms with van der Waals surface area (Å²) in [7, 11) is 0. The average Bonchev–Trinajstić information content (AvgIpc) is 3.01. The molecular weight excluding hydrogens is 304 g/mol. The molecule has 0 aliphatic carbocycles. The van der Waals surface area contributed by atoms with Gasteiger partial charge in [0.2, 0.25) is 5.91 Å². The van der Waals surface area contributed by atoms with Gasteiger partial charge in [-0.15, -0.1) is 0 Å². The lowest BCUT2D eigenvalue weighted by molar-refractivity contribution is -0.136. The van der Waals surface area contributed by atoms with E-state index in [2.05, 4.69) is 15.4 Å². The molecule has 24 heavy (non-hydrogen) atoms. The second kappa shape index (κ2) is 6.71. The van der Waals surface area contributed by atoms with Crippen LogP contribution >= 0.6 is 0 Å². The SMILES string of the molecule is CC(C)C(=O)N1CCn2nc(CNc3ccc(C#N)cn3)cc2C1. The van der Waals surface area contributed by atoms with Crippen molar-refractivity contribution in [3.05, 3.63) is 41.3 Å². The van der Waals surface area contributed by atoms with Crippen molar-refractivity contribution in [2.45, 2.75) is 33.5 Å². The molecule has 1 amide bonds. The summed E-state index contributed by atoms with van der Waals surface area (Å²) < 4.78 is 1.97. The van der Waals surface area contributed by atoms with Gasteiger partial charge >= 0.3 is 0 Å². The zero-order chi connectivity index (χ0) is 17.1. The summed E-state index contributed by atoms with van der Waals surface area (Å²) in [5.41, 5.74) is 2.50. The van der Waals surface area contributed by atoms with Gasteiger partial charge in [0.15, 0.2) is 0 Å². The number of amides is 1. The highest BCUT2D eigenvalue weighted by molar-refractivity contribution is 5.78. The van der Waals surface area contributed by atoms with Gasteiger partial charge in [-0.2, -0.15) is 10.4 Å². The molecule has 0 unspecified atom stereocenters. The van der Waals surface area contributed by atoms with Crippen LogP contribution in [0.3, 0.4) is 0 Å². The van der Waals surface area contributed by atoms with Crippen molar-refractivity contribution in [2.75, 3.05) is 11.9 Å². The third kappa shape index (κ3) is 3.38. The molecule has 124 valence electrons. The standard InChI is InChI=1S/C17H20N6O/c1-12(2)17(24)22-5-6-23-15(11-22)7-14(21-23)10-20-16-4-3-13(8-18)9-19-16/h3-4,7,9,12H,5-6,10-11H2,1-2H3,(H,19,20). The van der Waals surface area contributed by atoms with Gasteiger partial charge in [-0.25, -0.2) is 4.98 Å². The van der Waals surface area contributed by atoms with Crippen LogP contribution in [0.4, 0.5) is 5.82 Å². The number of fused-ring (bicyclic) bond motifs is 1. The molecule has 0 radical (unpaired) electrons. The van der Waals surface area contributed by atoms with Crippen LogP contribution in [0, 0.1) is 17.2 Å². The van der Waals surface area contributed by atoms with Crippen LogP contribution in [0.5, 0.6) is 0 Å². The molecule has 1 aliphatic heterocycles. The molecule has 7 heteroatoms. The summed E-state index contributed by atoms with van der Waals surface area (Å²) in [6.45, 7) is 6.44. The highest BCUT2D eigenvalue weighted by Crippen LogP contribution is 2.16. The molecule has 0 fully saturated rings. The highest BCUT2D eigenvalue weighted by Gasteiger charge is 2.23. The predicted molar refractivity (Wildman–Crippen MR) is 88.8 cm³/mol. The molecule has 0 aromatic carbocycles. The Hall–Kier alpha value is -2.88. The third-order valence-corrected chi connectivity index (χ3v) is 4.00. The largest absolute Gasteiger partial charge is 0.364 e. The first kappa shape index (κ1) is 16.0. The second-order valence-corrected chi connectivity index (χ2v) is 6.16. The summed E-state index contributed by atoms with van der Waals surface area (Å²) in [6, 6.07) is 7.57. The first-order chi connectivity index (χ1) is 11.6. The first-order valence-electron chi connectivity index (χ1n) is 8.01. The second-order valence-electron chi connectivity index (χ2n) is 6.16. The lowest BCUT2D eigenvalue weighted by atomic mass is 10.1. The zero-order valence-electron chi connectivity index (χ0n) is 13.9. The molecule has 0 atom stereocenters. The number of aromatic nitrogens is 3. The fourth-order valence-corrected chi connectivity index (χ4v) is 2.71. The number of hydrogen-bond acceptors (Lipinski definition) is 5. The van der Waals surface area contributed by atoms with Crippen LogP contribution in [0.1, 0.15) is 30.8 Å². The van der Waals surface area contributed by atoms with Crippen molar-refractivity contribution in [1.82, 2.24) is 19.7 Å². The maximum atomic E-state index is 12.1. The Kier molecular flexibility index (Phi) is 4.47. The summed E-state index contributed by atoms with van der Waals surface area (Å²) in [4.78, 5) is 18.2. The fraction of sp³-hybridized carbons (Fsp3) is 0.412. The van der Waals surface area contributed by atoms with Crippen molar-refractivity contribution >= 4 is 11.7 Å². The summed E-state index contributed by atoms with van der Waals surface area (Å²) in [5.74, 6) is 0.906. The van der Waals surface area contributed by atoms with E-state index in [0.29, 0.717) is 31.0 Å². The van der Waals surface area contributed by atoms with Crippen molar-refractivity contribution < 1.29 is 4.79 Å². The molecule has 3 rings (SSSR count). The number of anilines is 1. The number of nitrogens with zero attached hydrogens (tertiary/aromatic N) is 5. The first-order valence-corrected chi connectivity index (χ1v) is 8.01. The normalized spacial score (nSPS) is 13.5. The van der Waals surface area contributed by atoms with Crippen LogP contribution in [0.25, 0.3) is 0 Å². The molecule has 3 heterocycles. The number of pyridine rings is 1. The summed E-state index contributed by atoms with van der Waals surface area (Å²) in [5, 5.41) is 16.5. The van der Waals surface area contributed by atoms with Gasteiger partial charge in [0.25, 0.3) is 0 Å². The molecule has 7 nitrogen and oxygen atoms in total. The Bertz CT molecular complexity index is 771. The predicted octanol–water partition coefficient (Wildman–Crippen LogP) is 1.76. The van der Waals surface area contributed by atoms with Crippen LogP contribution in [0.2, 0.25) is 0 Å². The Morgan fingerprint density at radius 2 is 2.25 bits per heavy atom. The molecule has 2 aromatic heterocycles. The van der Waals surface area contributed by atoms with E-state index in [1.165, 1.54) is 6.20 Å². The molecule has 0 saturated heterocycles. The van der Waals surface area contributed by atoms with E-state index in [4.69, 9.17) is 5.26 Å². The Morgan fingerprint density at radius 1 is 1.42 bits per heavy atom. The van der Waals surface area contributed by atoms with Gasteiger partial charge in [-0.05, 0) is 18.2 Å². The minimum absolute atomic E-state index is 0.0167. The minimum atomic E-state index is 0.0167. The molecule has 2 aromatic rings. The van der Waals surface area contributed by atoms with Gasteiger partial charge in [0, 0.05) is 18.7 Å². The molecule has 0 saturated carbocycles. The lowest BCUT2D eigenvalue weighted by Gasteiger charge is -2.29. The van der Waals surface area contributed by atoms with E-state index >= 15 is 0 Å². The van der Waals surface area contributed by atoms with E-state index in [9.17, 15) is 4.79 Å². The fourth-order valence-electron chi connectivity index (χ4n) is 2.71. The number of carbonyl (C=O) groups is 1. The van der Waals surface area contributed by atoms with E-state index < -0.39 is 0 Å². The van der Waals surface area contributed by atoms with Crippen LogP contribution in [-0.4, -0.2) is 32.1 Å². The molecule has 1 aliphatic rings. The number of nitriles is 1. The van der Waals surface area contributed by atoms with E-state index in [-0.39, 0.29) is 11.8 Å². The van der Waals surface area contributed by atoms with Gasteiger partial charge in [0.05, 0.1) is 36.6 Å². The van der Waals surface area contributed by atoms with Crippen LogP contribution in [-0.2, 0) is 24.4 Å². The third-order valence-electron chi connectivity index (χ3n) is 4.00. The number of nitrogens with one attached hydrogen (secondary N) is 1. The lowest BCUT2D eigenvalue weighted by Crippen LogP contribution is -2.40.